The second-order valence-electron chi connectivity index (χ2n) is 25.8. The zero-order valence-corrected chi connectivity index (χ0v) is 57.8. The molecule has 1 amide bonds. The monoisotopic (exact) mass is 1240 g/mol. The van der Waals surface area contributed by atoms with E-state index >= 15 is 0 Å². The molecule has 0 saturated carbocycles. The molecular formula is C74H142N2O11. The summed E-state index contributed by atoms with van der Waals surface area (Å²) in [5, 5.41) is 2.78. The van der Waals surface area contributed by atoms with Crippen LogP contribution < -0.4 is 5.32 Å². The molecule has 0 unspecified atom stereocenters. The Morgan fingerprint density at radius 2 is 0.540 bits per heavy atom. The molecule has 0 rings (SSSR count). The van der Waals surface area contributed by atoms with Crippen LogP contribution in [0.15, 0.2) is 0 Å². The predicted molar refractivity (Wildman–Crippen MR) is 361 cm³/mol. The summed E-state index contributed by atoms with van der Waals surface area (Å²) < 4.78 is 33.4. The van der Waals surface area contributed by atoms with Gasteiger partial charge in [0.1, 0.15) is 6.10 Å². The molecule has 13 nitrogen and oxygen atoms in total. The maximum Gasteiger partial charge on any atom is 0.407 e. The van der Waals surface area contributed by atoms with Crippen molar-refractivity contribution in [2.75, 3.05) is 66.8 Å². The standard InChI is InChI=1S/C74H142N2O11/c1-5-7-9-11-13-15-33-39-45-51-63-83-70(77)57-47-41-35-29-25-21-17-19-23-27-31-37-43-49-59-72(79)85-65-53-55-69(87-74(81)75-61-67-82-68-62-76(3)4)56-54-66-86-73(80)60-50-44-38-32-28-24-20-18-22-26-30-36-42-48-58-71(78)84-64-52-46-40-34-16-14-12-10-8-6-2/h69H,5-68H2,1-4H3,(H,75,81). The number of likely N-dealkylation sites (N-methyl/N-ethyl adjacent to an activating group) is 1. The van der Waals surface area contributed by atoms with Crippen molar-refractivity contribution in [3.05, 3.63) is 0 Å². The van der Waals surface area contributed by atoms with E-state index in [0.29, 0.717) is 84.3 Å². The van der Waals surface area contributed by atoms with Gasteiger partial charge < -0.3 is 38.6 Å². The van der Waals surface area contributed by atoms with Crippen LogP contribution in [0.2, 0.25) is 0 Å². The van der Waals surface area contributed by atoms with Crippen molar-refractivity contribution >= 4 is 30.0 Å². The molecule has 0 spiro atoms. The molecule has 0 atom stereocenters. The second-order valence-corrected chi connectivity index (χ2v) is 25.8. The molecule has 0 bridgehead atoms. The van der Waals surface area contributed by atoms with Gasteiger partial charge in [-0.2, -0.15) is 0 Å². The van der Waals surface area contributed by atoms with Crippen molar-refractivity contribution in [1.82, 2.24) is 10.2 Å². The van der Waals surface area contributed by atoms with Gasteiger partial charge in [-0.15, -0.1) is 0 Å². The van der Waals surface area contributed by atoms with E-state index in [9.17, 15) is 24.0 Å². The molecule has 0 saturated heterocycles. The van der Waals surface area contributed by atoms with Crippen LogP contribution in [0.5, 0.6) is 0 Å². The number of alkyl carbamates (subject to hydrolysis) is 1. The number of unbranched alkanes of at least 4 members (excludes halogenated alkanes) is 44. The fourth-order valence-electron chi connectivity index (χ4n) is 11.2. The Balaban J connectivity index is 3.94. The first-order valence-corrected chi connectivity index (χ1v) is 37.5. The Morgan fingerprint density at radius 1 is 0.299 bits per heavy atom. The normalized spacial score (nSPS) is 11.4. The highest BCUT2D eigenvalue weighted by Crippen LogP contribution is 2.19. The fourth-order valence-corrected chi connectivity index (χ4v) is 11.2. The minimum atomic E-state index is -0.502. The number of ether oxygens (including phenoxy) is 6. The maximum absolute atomic E-state index is 12.7. The molecule has 0 aliphatic carbocycles. The first kappa shape index (κ1) is 84.1. The number of nitrogens with zero attached hydrogens (tertiary/aromatic N) is 1. The SMILES string of the molecule is CCCCCCCCCCCCOC(=O)CCCCCCCCCCCCCCCCC(=O)OCCCC(CCCOC(=O)CCCCCCCCCCCCCCCCC(=O)OCCCCCCCCCCCC)OC(=O)NCCOCCN(C)C. The molecule has 0 aromatic carbocycles. The number of rotatable bonds is 71. The highest BCUT2D eigenvalue weighted by atomic mass is 16.6. The van der Waals surface area contributed by atoms with E-state index < -0.39 is 6.09 Å². The van der Waals surface area contributed by atoms with Crippen molar-refractivity contribution < 1.29 is 52.4 Å². The van der Waals surface area contributed by atoms with Crippen molar-refractivity contribution in [3.63, 3.8) is 0 Å². The fraction of sp³-hybridized carbons (Fsp3) is 0.932. The number of amides is 1. The summed E-state index contributed by atoms with van der Waals surface area (Å²) in [5.41, 5.74) is 0. The molecule has 87 heavy (non-hydrogen) atoms. The number of hydrogen-bond acceptors (Lipinski definition) is 12. The van der Waals surface area contributed by atoms with E-state index in [1.807, 2.05) is 19.0 Å². The van der Waals surface area contributed by atoms with Crippen LogP contribution in [-0.4, -0.2) is 108 Å². The lowest BCUT2D eigenvalue weighted by molar-refractivity contribution is -0.145. The quantitative estimate of drug-likeness (QED) is 0.0350. The molecule has 0 heterocycles. The zero-order valence-electron chi connectivity index (χ0n) is 57.8. The molecule has 0 aromatic heterocycles. The lowest BCUT2D eigenvalue weighted by atomic mass is 10.0. The van der Waals surface area contributed by atoms with Gasteiger partial charge in [-0.1, -0.05) is 284 Å². The average molecular weight is 1240 g/mol. The van der Waals surface area contributed by atoms with Gasteiger partial charge in [-0.05, 0) is 78.3 Å². The smallest absolute Gasteiger partial charge is 0.407 e. The van der Waals surface area contributed by atoms with Crippen molar-refractivity contribution in [1.29, 1.82) is 0 Å². The Kier molecular flexibility index (Phi) is 68.2. The third-order valence-corrected chi connectivity index (χ3v) is 16.9. The van der Waals surface area contributed by atoms with Crippen LogP contribution in [0.1, 0.15) is 373 Å². The van der Waals surface area contributed by atoms with E-state index in [0.717, 1.165) is 83.6 Å². The van der Waals surface area contributed by atoms with Gasteiger partial charge in [0.15, 0.2) is 0 Å². The van der Waals surface area contributed by atoms with E-state index in [1.54, 1.807) is 0 Å². The summed E-state index contributed by atoms with van der Waals surface area (Å²) in [7, 11) is 3.97. The summed E-state index contributed by atoms with van der Waals surface area (Å²) in [5.74, 6) is -0.375. The lowest BCUT2D eigenvalue weighted by Gasteiger charge is -2.18. The zero-order chi connectivity index (χ0) is 63.2. The minimum absolute atomic E-state index is 0.0167. The van der Waals surface area contributed by atoms with Gasteiger partial charge in [-0.25, -0.2) is 4.79 Å². The van der Waals surface area contributed by atoms with Gasteiger partial charge in [0.2, 0.25) is 0 Å². The third kappa shape index (κ3) is 70.4. The molecule has 13 heteroatoms. The van der Waals surface area contributed by atoms with E-state index in [4.69, 9.17) is 28.4 Å². The molecule has 0 aromatic rings. The third-order valence-electron chi connectivity index (χ3n) is 16.9. The molecule has 0 fully saturated rings. The number of hydrogen-bond donors (Lipinski definition) is 1. The van der Waals surface area contributed by atoms with Crippen LogP contribution in [0, 0.1) is 0 Å². The summed E-state index contributed by atoms with van der Waals surface area (Å²) in [6.45, 7) is 8.42. The summed E-state index contributed by atoms with van der Waals surface area (Å²) >= 11 is 0. The lowest BCUT2D eigenvalue weighted by Crippen LogP contribution is -2.32. The molecule has 514 valence electrons. The van der Waals surface area contributed by atoms with Gasteiger partial charge in [0, 0.05) is 38.8 Å². The Labute approximate surface area is 536 Å². The minimum Gasteiger partial charge on any atom is -0.466 e. The Bertz CT molecular complexity index is 1390. The highest BCUT2D eigenvalue weighted by molar-refractivity contribution is 5.70. The van der Waals surface area contributed by atoms with Crippen LogP contribution in [0.4, 0.5) is 4.79 Å². The highest BCUT2D eigenvalue weighted by Gasteiger charge is 2.16. The Morgan fingerprint density at radius 3 is 0.805 bits per heavy atom. The van der Waals surface area contributed by atoms with E-state index in [2.05, 4.69) is 19.2 Å². The number of nitrogens with one attached hydrogen (secondary N) is 1. The molecule has 1 N–H and O–H groups in total. The molecule has 0 radical (unpaired) electrons. The van der Waals surface area contributed by atoms with Gasteiger partial charge in [-0.3, -0.25) is 19.2 Å². The first-order chi connectivity index (χ1) is 42.7. The van der Waals surface area contributed by atoms with E-state index in [1.165, 1.54) is 231 Å². The number of esters is 4. The van der Waals surface area contributed by atoms with Crippen LogP contribution in [0.25, 0.3) is 0 Å². The first-order valence-electron chi connectivity index (χ1n) is 37.5. The molecule has 0 aliphatic rings. The van der Waals surface area contributed by atoms with Crippen LogP contribution in [-0.2, 0) is 47.6 Å². The van der Waals surface area contributed by atoms with Crippen LogP contribution in [0.3, 0.4) is 0 Å². The van der Waals surface area contributed by atoms with E-state index in [-0.39, 0.29) is 43.2 Å². The Hall–Kier alpha value is -2.93. The number of carbonyl (C=O) groups excluding carboxylic acids is 5. The van der Waals surface area contributed by atoms with Crippen molar-refractivity contribution in [2.45, 2.75) is 380 Å². The predicted octanol–water partition coefficient (Wildman–Crippen LogP) is 20.7. The van der Waals surface area contributed by atoms with Crippen LogP contribution >= 0.6 is 0 Å². The average Bonchev–Trinajstić information content (AvgIpc) is 3.52. The van der Waals surface area contributed by atoms with Crippen molar-refractivity contribution in [3.8, 4) is 0 Å². The summed E-state index contributed by atoms with van der Waals surface area (Å²) in [6.07, 6.45) is 62.1. The summed E-state index contributed by atoms with van der Waals surface area (Å²) in [6, 6.07) is 0. The maximum atomic E-state index is 12.7. The molecular weight excluding hydrogens is 1090 g/mol. The topological polar surface area (TPSA) is 156 Å². The van der Waals surface area contributed by atoms with Gasteiger partial charge in [0.25, 0.3) is 0 Å². The second kappa shape index (κ2) is 70.5. The van der Waals surface area contributed by atoms with Gasteiger partial charge in [0.05, 0.1) is 39.6 Å². The number of carbonyl (C=O) groups is 5. The summed E-state index contributed by atoms with van der Waals surface area (Å²) in [4.78, 5) is 63.9. The van der Waals surface area contributed by atoms with Crippen molar-refractivity contribution in [2.24, 2.45) is 0 Å². The largest absolute Gasteiger partial charge is 0.466 e. The molecule has 0 aliphatic heterocycles. The van der Waals surface area contributed by atoms with Gasteiger partial charge >= 0.3 is 30.0 Å².